The normalized spacial score (nSPS) is 16.7. The number of hydrogen-bond donors (Lipinski definition) is 0. The molecular formula is C20H20N6O3S. The fraction of sp³-hybridized carbons (Fsp3) is 0.350. The van der Waals surface area contributed by atoms with Crippen LogP contribution in [0.3, 0.4) is 0 Å². The zero-order valence-electron chi connectivity index (χ0n) is 16.6. The van der Waals surface area contributed by atoms with Crippen LogP contribution in [0.5, 0.6) is 0 Å². The van der Waals surface area contributed by atoms with E-state index in [-0.39, 0.29) is 29.7 Å². The number of aromatic nitrogens is 5. The van der Waals surface area contributed by atoms with Crippen LogP contribution in [-0.4, -0.2) is 41.0 Å². The van der Waals surface area contributed by atoms with Crippen molar-refractivity contribution in [1.29, 1.82) is 0 Å². The van der Waals surface area contributed by atoms with Crippen molar-refractivity contribution in [1.82, 2.24) is 28.6 Å². The summed E-state index contributed by atoms with van der Waals surface area (Å²) in [5.41, 5.74) is 0.576. The maximum Gasteiger partial charge on any atom is 0.332 e. The average molecular weight is 424 g/mol. The van der Waals surface area contributed by atoms with Gasteiger partial charge in [-0.2, -0.15) is 0 Å². The van der Waals surface area contributed by atoms with E-state index < -0.39 is 11.2 Å². The summed E-state index contributed by atoms with van der Waals surface area (Å²) in [6, 6.07) is 7.90. The first-order valence-corrected chi connectivity index (χ1v) is 10.5. The number of fused-ring (bicyclic) bond motifs is 2. The third kappa shape index (κ3) is 2.78. The Balaban J connectivity index is 1.48. The highest BCUT2D eigenvalue weighted by Crippen LogP contribution is 2.36. The smallest absolute Gasteiger partial charge is 0.332 e. The second-order valence-electron chi connectivity index (χ2n) is 7.52. The van der Waals surface area contributed by atoms with E-state index in [1.165, 1.54) is 22.5 Å². The molecule has 154 valence electrons. The summed E-state index contributed by atoms with van der Waals surface area (Å²) in [5.74, 6) is -0.0908. The lowest BCUT2D eigenvalue weighted by Gasteiger charge is -2.23. The molecule has 1 unspecified atom stereocenters. The first kappa shape index (κ1) is 18.7. The summed E-state index contributed by atoms with van der Waals surface area (Å²) >= 11 is 1.62. The van der Waals surface area contributed by atoms with Crippen molar-refractivity contribution in [3.05, 3.63) is 56.4 Å². The van der Waals surface area contributed by atoms with Gasteiger partial charge in [0.05, 0.1) is 22.6 Å². The molecule has 1 aliphatic heterocycles. The molecule has 0 radical (unpaired) electrons. The Kier molecular flexibility index (Phi) is 4.31. The average Bonchev–Trinajstić information content (AvgIpc) is 3.47. The Morgan fingerprint density at radius 2 is 2.00 bits per heavy atom. The van der Waals surface area contributed by atoms with Crippen LogP contribution in [0.25, 0.3) is 21.4 Å². The molecule has 1 saturated heterocycles. The Hall–Kier alpha value is -3.27. The van der Waals surface area contributed by atoms with Gasteiger partial charge in [-0.15, -0.1) is 11.3 Å². The Morgan fingerprint density at radius 3 is 2.80 bits per heavy atom. The highest BCUT2D eigenvalue weighted by molar-refractivity contribution is 7.18. The number of rotatable bonds is 3. The molecule has 0 bridgehead atoms. The standard InChI is InChI=1S/C20H20N6O3S/c1-23-17-16(19(28)24(2)20(23)29)25(11-21-17)10-15(27)26-9-5-7-13(26)18-22-12-6-3-4-8-14(12)30-18/h3-4,6,8,11,13H,5,7,9-10H2,1-2H3. The second kappa shape index (κ2) is 6.91. The lowest BCUT2D eigenvalue weighted by molar-refractivity contribution is -0.132. The van der Waals surface area contributed by atoms with Crippen LogP contribution in [0.4, 0.5) is 0 Å². The van der Waals surface area contributed by atoms with Gasteiger partial charge in [-0.05, 0) is 25.0 Å². The highest BCUT2D eigenvalue weighted by Gasteiger charge is 2.32. The van der Waals surface area contributed by atoms with Gasteiger partial charge in [-0.25, -0.2) is 14.8 Å². The number of hydrogen-bond acceptors (Lipinski definition) is 6. The first-order chi connectivity index (χ1) is 14.5. The second-order valence-corrected chi connectivity index (χ2v) is 8.58. The van der Waals surface area contributed by atoms with E-state index in [9.17, 15) is 14.4 Å². The fourth-order valence-electron chi connectivity index (χ4n) is 4.11. The minimum atomic E-state index is -0.456. The number of carbonyl (C=O) groups excluding carboxylic acids is 1. The van der Waals surface area contributed by atoms with Crippen molar-refractivity contribution in [2.24, 2.45) is 14.1 Å². The van der Waals surface area contributed by atoms with Crippen molar-refractivity contribution in [2.75, 3.05) is 6.54 Å². The molecule has 1 aromatic carbocycles. The Bertz CT molecular complexity index is 1380. The third-order valence-corrected chi connectivity index (χ3v) is 6.83. The molecule has 1 aliphatic rings. The Morgan fingerprint density at radius 1 is 1.20 bits per heavy atom. The minimum Gasteiger partial charge on any atom is -0.332 e. The van der Waals surface area contributed by atoms with Gasteiger partial charge in [-0.1, -0.05) is 12.1 Å². The lowest BCUT2D eigenvalue weighted by Crippen LogP contribution is -2.38. The summed E-state index contributed by atoms with van der Waals surface area (Å²) < 4.78 is 4.99. The third-order valence-electron chi connectivity index (χ3n) is 5.69. The number of nitrogens with zero attached hydrogens (tertiary/aromatic N) is 6. The largest absolute Gasteiger partial charge is 0.332 e. The predicted molar refractivity (Wildman–Crippen MR) is 114 cm³/mol. The Labute approximate surface area is 174 Å². The van der Waals surface area contributed by atoms with Crippen molar-refractivity contribution < 1.29 is 4.79 Å². The van der Waals surface area contributed by atoms with Crippen LogP contribution in [-0.2, 0) is 25.4 Å². The number of amides is 1. The molecule has 30 heavy (non-hydrogen) atoms. The fourth-order valence-corrected chi connectivity index (χ4v) is 5.22. The van der Waals surface area contributed by atoms with Crippen molar-refractivity contribution >= 4 is 38.6 Å². The van der Waals surface area contributed by atoms with Gasteiger partial charge in [0.15, 0.2) is 11.2 Å². The molecule has 4 heterocycles. The van der Waals surface area contributed by atoms with Gasteiger partial charge < -0.3 is 9.47 Å². The molecule has 1 fully saturated rings. The molecule has 0 aliphatic carbocycles. The van der Waals surface area contributed by atoms with E-state index in [1.54, 1.807) is 18.4 Å². The quantitative estimate of drug-likeness (QED) is 0.496. The predicted octanol–water partition coefficient (Wildman–Crippen LogP) is 1.41. The molecule has 4 aromatic rings. The van der Waals surface area contributed by atoms with Crippen LogP contribution in [0.2, 0.25) is 0 Å². The van der Waals surface area contributed by atoms with E-state index in [4.69, 9.17) is 4.98 Å². The lowest BCUT2D eigenvalue weighted by atomic mass is 10.2. The topological polar surface area (TPSA) is 95.0 Å². The van der Waals surface area contributed by atoms with Crippen LogP contribution in [0, 0.1) is 0 Å². The molecule has 0 spiro atoms. The van der Waals surface area contributed by atoms with Crippen LogP contribution < -0.4 is 11.2 Å². The monoisotopic (exact) mass is 424 g/mol. The first-order valence-electron chi connectivity index (χ1n) is 9.71. The van der Waals surface area contributed by atoms with Crippen LogP contribution in [0.15, 0.2) is 40.2 Å². The number of benzene rings is 1. The zero-order chi connectivity index (χ0) is 21.0. The zero-order valence-corrected chi connectivity index (χ0v) is 17.4. The van der Waals surface area contributed by atoms with Crippen LogP contribution >= 0.6 is 11.3 Å². The summed E-state index contributed by atoms with van der Waals surface area (Å²) in [6.07, 6.45) is 3.23. The highest BCUT2D eigenvalue weighted by atomic mass is 32.1. The number of imidazole rings is 1. The van der Waals surface area contributed by atoms with Gasteiger partial charge in [0.1, 0.15) is 11.6 Å². The van der Waals surface area contributed by atoms with Crippen molar-refractivity contribution in [3.8, 4) is 0 Å². The number of para-hydroxylation sites is 1. The molecule has 0 saturated carbocycles. The summed E-state index contributed by atoms with van der Waals surface area (Å²) in [6.45, 7) is 0.647. The van der Waals surface area contributed by atoms with Crippen molar-refractivity contribution in [2.45, 2.75) is 25.4 Å². The molecule has 5 rings (SSSR count). The van der Waals surface area contributed by atoms with Gasteiger partial charge in [0.2, 0.25) is 5.91 Å². The van der Waals surface area contributed by atoms with E-state index in [1.807, 2.05) is 29.2 Å². The number of thiazole rings is 1. The van der Waals surface area contributed by atoms with E-state index in [0.717, 1.165) is 32.6 Å². The number of carbonyl (C=O) groups is 1. The van der Waals surface area contributed by atoms with Gasteiger partial charge in [0, 0.05) is 20.6 Å². The number of aryl methyl sites for hydroxylation is 1. The molecular weight excluding hydrogens is 404 g/mol. The molecule has 9 nitrogen and oxygen atoms in total. The minimum absolute atomic E-state index is 0.00859. The van der Waals surface area contributed by atoms with Gasteiger partial charge in [0.25, 0.3) is 5.56 Å². The summed E-state index contributed by atoms with van der Waals surface area (Å²) in [7, 11) is 2.99. The van der Waals surface area contributed by atoms with E-state index >= 15 is 0 Å². The summed E-state index contributed by atoms with van der Waals surface area (Å²) in [5, 5.41) is 0.941. The maximum absolute atomic E-state index is 13.2. The molecule has 1 amide bonds. The van der Waals surface area contributed by atoms with Crippen LogP contribution in [0.1, 0.15) is 23.9 Å². The molecule has 0 N–H and O–H groups in total. The van der Waals surface area contributed by atoms with Crippen molar-refractivity contribution in [3.63, 3.8) is 0 Å². The molecule has 10 heteroatoms. The SMILES string of the molecule is Cn1c(=O)c2c(ncn2CC(=O)N2CCCC2c2nc3ccccc3s2)n(C)c1=O. The van der Waals surface area contributed by atoms with E-state index in [2.05, 4.69) is 4.98 Å². The van der Waals surface area contributed by atoms with Gasteiger partial charge >= 0.3 is 5.69 Å². The van der Waals surface area contributed by atoms with E-state index in [0.29, 0.717) is 6.54 Å². The van der Waals surface area contributed by atoms with Gasteiger partial charge in [-0.3, -0.25) is 18.7 Å². The molecule has 1 atom stereocenters. The number of likely N-dealkylation sites (tertiary alicyclic amines) is 1. The molecule has 3 aromatic heterocycles. The maximum atomic E-state index is 13.2. The summed E-state index contributed by atoms with van der Waals surface area (Å²) in [4.78, 5) is 48.7.